The van der Waals surface area contributed by atoms with Gasteiger partial charge in [0.15, 0.2) is 5.82 Å². The highest BCUT2D eigenvalue weighted by Gasteiger charge is 2.41. The molecule has 1 N–H and O–H groups in total. The fraction of sp³-hybridized carbons (Fsp3) is 0.542. The predicted molar refractivity (Wildman–Crippen MR) is 115 cm³/mol. The van der Waals surface area contributed by atoms with Gasteiger partial charge in [0.1, 0.15) is 0 Å². The van der Waals surface area contributed by atoms with E-state index in [-0.39, 0.29) is 5.41 Å². The maximum Gasteiger partial charge on any atom is 0.240 e. The molecule has 2 aliphatic carbocycles. The summed E-state index contributed by atoms with van der Waals surface area (Å²) >= 11 is 0. The largest absolute Gasteiger partial charge is 0.338 e. The zero-order chi connectivity index (χ0) is 20.6. The fourth-order valence-electron chi connectivity index (χ4n) is 5.23. The van der Waals surface area contributed by atoms with Crippen LogP contribution in [0.5, 0.6) is 0 Å². The first-order chi connectivity index (χ1) is 14.6. The third kappa shape index (κ3) is 3.58. The molecule has 0 unspecified atom stereocenters. The maximum atomic E-state index is 5.72. The highest BCUT2D eigenvalue weighted by atomic mass is 16.5. The van der Waals surface area contributed by atoms with Crippen LogP contribution in [0.4, 0.5) is 0 Å². The van der Waals surface area contributed by atoms with Gasteiger partial charge in [0, 0.05) is 12.2 Å². The molecular formula is C24H31N5O. The van der Waals surface area contributed by atoms with E-state index in [1.165, 1.54) is 53.8 Å². The second-order valence-corrected chi connectivity index (χ2v) is 9.17. The lowest BCUT2D eigenvalue weighted by atomic mass is 9.78. The van der Waals surface area contributed by atoms with Crippen molar-refractivity contribution in [3.63, 3.8) is 0 Å². The summed E-state index contributed by atoms with van der Waals surface area (Å²) in [6, 6.07) is 8.86. The number of aromatic amines is 1. The van der Waals surface area contributed by atoms with Crippen molar-refractivity contribution < 1.29 is 4.52 Å². The standard InChI is InChI=1S/C24H31N5O/c1-17-9-11-18(12-10-17)24(13-5-6-14-24)23-25-22(30-28-23)16-29(2)15-21-19-7-3-4-8-20(19)26-27-21/h9-12H,3-8,13-16H2,1-2H3,(H,26,27). The average Bonchev–Trinajstić information content (AvgIpc) is 3.49. The number of aryl methyl sites for hydroxylation is 2. The highest BCUT2D eigenvalue weighted by Crippen LogP contribution is 2.45. The van der Waals surface area contributed by atoms with Crippen molar-refractivity contribution >= 4 is 0 Å². The number of nitrogens with zero attached hydrogens (tertiary/aromatic N) is 4. The fourth-order valence-corrected chi connectivity index (χ4v) is 5.23. The van der Waals surface area contributed by atoms with Gasteiger partial charge >= 0.3 is 0 Å². The molecule has 30 heavy (non-hydrogen) atoms. The van der Waals surface area contributed by atoms with E-state index in [0.29, 0.717) is 12.4 Å². The molecule has 0 amide bonds. The number of rotatable bonds is 6. The van der Waals surface area contributed by atoms with Gasteiger partial charge in [-0.2, -0.15) is 10.1 Å². The van der Waals surface area contributed by atoms with Gasteiger partial charge in [0.2, 0.25) is 5.89 Å². The zero-order valence-corrected chi connectivity index (χ0v) is 18.1. The van der Waals surface area contributed by atoms with Gasteiger partial charge in [-0.05, 0) is 63.6 Å². The first-order valence-electron chi connectivity index (χ1n) is 11.3. The summed E-state index contributed by atoms with van der Waals surface area (Å²) < 4.78 is 5.72. The predicted octanol–water partition coefficient (Wildman–Crippen LogP) is 4.47. The van der Waals surface area contributed by atoms with Gasteiger partial charge in [0.05, 0.1) is 17.7 Å². The van der Waals surface area contributed by atoms with Crippen molar-refractivity contribution in [2.24, 2.45) is 0 Å². The normalized spacial score (nSPS) is 18.1. The molecule has 0 spiro atoms. The van der Waals surface area contributed by atoms with E-state index >= 15 is 0 Å². The molecule has 1 aromatic carbocycles. The molecule has 0 atom stereocenters. The summed E-state index contributed by atoms with van der Waals surface area (Å²) in [6.45, 7) is 3.56. The lowest BCUT2D eigenvalue weighted by molar-refractivity contribution is 0.256. The Labute approximate surface area is 178 Å². The van der Waals surface area contributed by atoms with Crippen molar-refractivity contribution in [3.8, 4) is 0 Å². The van der Waals surface area contributed by atoms with Gasteiger partial charge in [-0.1, -0.05) is 47.8 Å². The van der Waals surface area contributed by atoms with Crippen LogP contribution in [0.15, 0.2) is 28.8 Å². The van der Waals surface area contributed by atoms with Crippen LogP contribution in [-0.4, -0.2) is 32.3 Å². The molecule has 2 heterocycles. The topological polar surface area (TPSA) is 70.8 Å². The summed E-state index contributed by atoms with van der Waals surface area (Å²) in [7, 11) is 2.10. The number of aromatic nitrogens is 4. The molecule has 0 saturated heterocycles. The molecule has 5 rings (SSSR count). The molecule has 6 nitrogen and oxygen atoms in total. The minimum absolute atomic E-state index is 0.102. The third-order valence-electron chi connectivity index (χ3n) is 6.92. The SMILES string of the molecule is Cc1ccc(C2(c3noc(CN(C)Cc4n[nH]c5c4CCCC5)n3)CCCC2)cc1. The van der Waals surface area contributed by atoms with Crippen LogP contribution < -0.4 is 0 Å². The summed E-state index contributed by atoms with van der Waals surface area (Å²) in [5.41, 5.74) is 6.40. The van der Waals surface area contributed by atoms with Gasteiger partial charge in [-0.25, -0.2) is 0 Å². The first-order valence-corrected chi connectivity index (χ1v) is 11.3. The molecule has 2 aliphatic rings. The van der Waals surface area contributed by atoms with Crippen LogP contribution in [0.3, 0.4) is 0 Å². The third-order valence-corrected chi connectivity index (χ3v) is 6.92. The van der Waals surface area contributed by atoms with Crippen molar-refractivity contribution in [3.05, 3.63) is 64.1 Å². The number of fused-ring (bicyclic) bond motifs is 1. The molecule has 2 aromatic heterocycles. The number of nitrogens with one attached hydrogen (secondary N) is 1. The van der Waals surface area contributed by atoms with Gasteiger partial charge in [0.25, 0.3) is 0 Å². The van der Waals surface area contributed by atoms with Gasteiger partial charge < -0.3 is 4.52 Å². The Kier molecular flexibility index (Phi) is 5.19. The summed E-state index contributed by atoms with van der Waals surface area (Å²) in [5, 5.41) is 12.3. The van der Waals surface area contributed by atoms with Crippen LogP contribution in [0.25, 0.3) is 0 Å². The highest BCUT2D eigenvalue weighted by molar-refractivity contribution is 5.35. The molecule has 1 fully saturated rings. The summed E-state index contributed by atoms with van der Waals surface area (Å²) in [4.78, 5) is 7.09. The Hall–Kier alpha value is -2.47. The quantitative estimate of drug-likeness (QED) is 0.655. The van der Waals surface area contributed by atoms with Crippen molar-refractivity contribution in [2.45, 2.75) is 76.8 Å². The molecule has 6 heteroatoms. The van der Waals surface area contributed by atoms with Gasteiger partial charge in [-0.3, -0.25) is 10.00 Å². The minimum atomic E-state index is -0.102. The van der Waals surface area contributed by atoms with E-state index in [9.17, 15) is 0 Å². The average molecular weight is 406 g/mol. The maximum absolute atomic E-state index is 5.72. The number of H-pyrrole nitrogens is 1. The van der Waals surface area contributed by atoms with Crippen LogP contribution in [0.1, 0.15) is 78.3 Å². The summed E-state index contributed by atoms with van der Waals surface area (Å²) in [5.74, 6) is 1.54. The monoisotopic (exact) mass is 405 g/mol. The molecule has 0 bridgehead atoms. The molecule has 1 saturated carbocycles. The molecule has 158 valence electrons. The number of hydrogen-bond donors (Lipinski definition) is 1. The Balaban J connectivity index is 1.32. The Bertz CT molecular complexity index is 997. The minimum Gasteiger partial charge on any atom is -0.338 e. The summed E-state index contributed by atoms with van der Waals surface area (Å²) in [6.07, 6.45) is 9.38. The van der Waals surface area contributed by atoms with E-state index < -0.39 is 0 Å². The van der Waals surface area contributed by atoms with Crippen molar-refractivity contribution in [1.29, 1.82) is 0 Å². The zero-order valence-electron chi connectivity index (χ0n) is 18.1. The van der Waals surface area contributed by atoms with E-state index in [2.05, 4.69) is 58.5 Å². The molecule has 3 aromatic rings. The lowest BCUT2D eigenvalue weighted by Gasteiger charge is -2.26. The van der Waals surface area contributed by atoms with Crippen LogP contribution in [0.2, 0.25) is 0 Å². The van der Waals surface area contributed by atoms with Crippen LogP contribution in [0, 0.1) is 6.92 Å². The number of benzene rings is 1. The Morgan fingerprint density at radius 1 is 1.03 bits per heavy atom. The first kappa shape index (κ1) is 19.5. The Morgan fingerprint density at radius 3 is 2.60 bits per heavy atom. The second-order valence-electron chi connectivity index (χ2n) is 9.17. The molecule has 0 aliphatic heterocycles. The van der Waals surface area contributed by atoms with Crippen LogP contribution in [-0.2, 0) is 31.3 Å². The van der Waals surface area contributed by atoms with E-state index in [1.807, 2.05) is 0 Å². The van der Waals surface area contributed by atoms with Crippen molar-refractivity contribution in [2.75, 3.05) is 7.05 Å². The molecule has 0 radical (unpaired) electrons. The second kappa shape index (κ2) is 7.99. The molecular weight excluding hydrogens is 374 g/mol. The van der Waals surface area contributed by atoms with E-state index in [0.717, 1.165) is 38.1 Å². The Morgan fingerprint density at radius 2 is 1.80 bits per heavy atom. The van der Waals surface area contributed by atoms with E-state index in [1.54, 1.807) is 0 Å². The van der Waals surface area contributed by atoms with Crippen molar-refractivity contribution in [1.82, 2.24) is 25.2 Å². The van der Waals surface area contributed by atoms with E-state index in [4.69, 9.17) is 9.51 Å². The lowest BCUT2D eigenvalue weighted by Crippen LogP contribution is -2.25. The van der Waals surface area contributed by atoms with Crippen LogP contribution >= 0.6 is 0 Å². The smallest absolute Gasteiger partial charge is 0.240 e. The number of hydrogen-bond acceptors (Lipinski definition) is 5. The van der Waals surface area contributed by atoms with Gasteiger partial charge in [-0.15, -0.1) is 0 Å².